The Morgan fingerprint density at radius 3 is 1.75 bits per heavy atom. The molecular weight excluding hydrogens is 391 g/mol. The van der Waals surface area contributed by atoms with Crippen LogP contribution in [0.3, 0.4) is 0 Å². The van der Waals surface area contributed by atoms with E-state index >= 15 is 0 Å². The maximum Gasteiger partial charge on any atom is 0.140 e. The molecule has 2 fully saturated rings. The molecule has 28 heavy (non-hydrogen) atoms. The third-order valence-corrected chi connectivity index (χ3v) is 11.2. The summed E-state index contributed by atoms with van der Waals surface area (Å²) >= 11 is 0. The van der Waals surface area contributed by atoms with Gasteiger partial charge in [0.25, 0.3) is 0 Å². The van der Waals surface area contributed by atoms with Crippen LogP contribution in [0.5, 0.6) is 0 Å². The quantitative estimate of drug-likeness (QED) is 0.317. The van der Waals surface area contributed by atoms with E-state index in [1.54, 1.807) is 18.5 Å². The van der Waals surface area contributed by atoms with Gasteiger partial charge in [-0.2, -0.15) is 0 Å². The lowest BCUT2D eigenvalue weighted by Crippen LogP contribution is -2.42. The third-order valence-electron chi connectivity index (χ3n) is 7.21. The Balaban J connectivity index is 0.000000284. The molecular formula is C22H43O4PS. The molecule has 2 aliphatic rings. The molecule has 0 amide bonds. The summed E-state index contributed by atoms with van der Waals surface area (Å²) in [6, 6.07) is 0. The smallest absolute Gasteiger partial charge is 0.140 e. The van der Waals surface area contributed by atoms with E-state index in [1.165, 1.54) is 38.5 Å². The van der Waals surface area contributed by atoms with E-state index in [9.17, 15) is 17.8 Å². The van der Waals surface area contributed by atoms with Crippen LogP contribution in [-0.2, 0) is 14.9 Å². The van der Waals surface area contributed by atoms with Gasteiger partial charge in [0, 0.05) is 19.8 Å². The number of fused-ring (bicyclic) bond motifs is 2. The molecule has 166 valence electrons. The van der Waals surface area contributed by atoms with Gasteiger partial charge in [-0.1, -0.05) is 53.9 Å². The summed E-state index contributed by atoms with van der Waals surface area (Å²) in [5.74, 6) is -0.280. The molecule has 2 aliphatic carbocycles. The highest BCUT2D eigenvalue weighted by atomic mass is 32.2. The lowest BCUT2D eigenvalue weighted by atomic mass is 9.70. The van der Waals surface area contributed by atoms with Gasteiger partial charge >= 0.3 is 0 Å². The predicted molar refractivity (Wildman–Crippen MR) is 121 cm³/mol. The van der Waals surface area contributed by atoms with Crippen LogP contribution >= 0.6 is 7.92 Å². The molecule has 0 N–H and O–H groups in total. The number of carbonyl (C=O) groups is 1. The fourth-order valence-electron chi connectivity index (χ4n) is 5.07. The molecule has 0 heterocycles. The monoisotopic (exact) mass is 434 g/mol. The molecule has 0 spiro atoms. The molecule has 2 saturated carbocycles. The van der Waals surface area contributed by atoms with Gasteiger partial charge in [0.05, 0.1) is 34.4 Å². The fraction of sp³-hybridized carbons (Fsp3) is 0.955. The normalized spacial score (nSPS) is 25.8. The van der Waals surface area contributed by atoms with Gasteiger partial charge in [0.1, 0.15) is 5.78 Å². The molecule has 2 atom stereocenters. The third kappa shape index (κ3) is 6.77. The Hall–Kier alpha value is 0.01000. The first-order valence-electron chi connectivity index (χ1n) is 11.3. The van der Waals surface area contributed by atoms with E-state index in [2.05, 4.69) is 20.8 Å². The number of rotatable bonds is 11. The lowest BCUT2D eigenvalue weighted by molar-refractivity contribution is -0.128. The molecule has 2 rings (SSSR count). The van der Waals surface area contributed by atoms with Crippen molar-refractivity contribution in [1.82, 2.24) is 0 Å². The Bertz CT molecular complexity index is 568. The van der Waals surface area contributed by atoms with E-state index in [4.69, 9.17) is 0 Å². The van der Waals surface area contributed by atoms with Crippen LogP contribution < -0.4 is 0 Å². The van der Waals surface area contributed by atoms with E-state index in [-0.39, 0.29) is 25.0 Å². The molecule has 0 aromatic rings. The molecule has 0 radical (unpaired) electrons. The highest BCUT2D eigenvalue weighted by Gasteiger charge is 2.64. The van der Waals surface area contributed by atoms with Crippen molar-refractivity contribution in [2.24, 2.45) is 16.7 Å². The van der Waals surface area contributed by atoms with Crippen LogP contribution in [0.15, 0.2) is 0 Å². The molecule has 0 aromatic carbocycles. The van der Waals surface area contributed by atoms with E-state index in [0.29, 0.717) is 12.8 Å². The second-order valence-electron chi connectivity index (χ2n) is 9.43. The summed E-state index contributed by atoms with van der Waals surface area (Å²) < 4.78 is 32.7. The standard InChI is InChI=1S/C12H27P.C10H16O4S/c1-4-7-10-13(11-8-5-2)12-9-6-3;1-9(2)7-3-4-10(9,8(11)5-7)6-15(12,13)14/h4-12H2,1-3H3;7H,3-6H2,1-2H3,(H,12,13,14). The van der Waals surface area contributed by atoms with Crippen LogP contribution in [-0.4, -0.2) is 43.0 Å². The number of hydrogen-bond donors (Lipinski definition) is 0. The second-order valence-corrected chi connectivity index (χ2v) is 13.8. The minimum absolute atomic E-state index is 0.0248. The van der Waals surface area contributed by atoms with Crippen LogP contribution in [0.4, 0.5) is 0 Å². The van der Waals surface area contributed by atoms with Gasteiger partial charge in [0.2, 0.25) is 0 Å². The zero-order chi connectivity index (χ0) is 21.4. The summed E-state index contributed by atoms with van der Waals surface area (Å²) in [4.78, 5) is 11.8. The predicted octanol–water partition coefficient (Wildman–Crippen LogP) is 5.53. The molecule has 0 aromatic heterocycles. The van der Waals surface area contributed by atoms with Crippen LogP contribution in [0, 0.1) is 16.7 Å². The zero-order valence-corrected chi connectivity index (χ0v) is 20.6. The molecule has 0 aliphatic heterocycles. The van der Waals surface area contributed by atoms with Gasteiger partial charge < -0.3 is 4.55 Å². The minimum Gasteiger partial charge on any atom is -0.748 e. The van der Waals surface area contributed by atoms with Gasteiger partial charge in [-0.05, 0) is 43.4 Å². The summed E-state index contributed by atoms with van der Waals surface area (Å²) in [6.45, 7) is 10.8. The van der Waals surface area contributed by atoms with Crippen LogP contribution in [0.2, 0.25) is 0 Å². The molecule has 4 nitrogen and oxygen atoms in total. The van der Waals surface area contributed by atoms with Crippen molar-refractivity contribution in [3.05, 3.63) is 0 Å². The zero-order valence-electron chi connectivity index (χ0n) is 18.8. The first-order valence-corrected chi connectivity index (χ1v) is 15.0. The summed E-state index contributed by atoms with van der Waals surface area (Å²) in [6.07, 6.45) is 15.3. The number of ketones is 1. The Morgan fingerprint density at radius 1 is 1.00 bits per heavy atom. The lowest BCUT2D eigenvalue weighted by Gasteiger charge is -2.37. The topological polar surface area (TPSA) is 74.3 Å². The second kappa shape index (κ2) is 11.4. The number of hydrogen-bond acceptors (Lipinski definition) is 4. The first-order chi connectivity index (χ1) is 13.0. The average Bonchev–Trinajstić information content (AvgIpc) is 2.94. The molecule has 2 unspecified atom stereocenters. The van der Waals surface area contributed by atoms with Crippen molar-refractivity contribution < 1.29 is 17.8 Å². The Labute approximate surface area is 175 Å². The largest absolute Gasteiger partial charge is 0.748 e. The van der Waals surface area contributed by atoms with Gasteiger partial charge in [-0.15, -0.1) is 0 Å². The number of carbonyl (C=O) groups excluding carboxylic acids is 1. The van der Waals surface area contributed by atoms with Crippen LogP contribution in [0.1, 0.15) is 92.4 Å². The van der Waals surface area contributed by atoms with Crippen molar-refractivity contribution in [2.45, 2.75) is 92.4 Å². The molecule has 0 saturated heterocycles. The Kier molecular flexibility index (Phi) is 10.6. The summed E-state index contributed by atoms with van der Waals surface area (Å²) in [5, 5.41) is 0. The van der Waals surface area contributed by atoms with E-state index in [1.807, 2.05) is 13.8 Å². The summed E-state index contributed by atoms with van der Waals surface area (Å²) in [7, 11) is -4.26. The van der Waals surface area contributed by atoms with E-state index < -0.39 is 21.3 Å². The summed E-state index contributed by atoms with van der Waals surface area (Å²) in [5.41, 5.74) is -1.22. The van der Waals surface area contributed by atoms with Crippen molar-refractivity contribution >= 4 is 23.8 Å². The van der Waals surface area contributed by atoms with Gasteiger partial charge in [-0.3, -0.25) is 4.79 Å². The first kappa shape index (κ1) is 26.0. The maximum atomic E-state index is 11.8. The number of Topliss-reactive ketones (excluding diaryl/α,β-unsaturated/α-hetero) is 1. The van der Waals surface area contributed by atoms with Gasteiger partial charge in [0.15, 0.2) is 0 Å². The van der Waals surface area contributed by atoms with Crippen molar-refractivity contribution in [3.8, 4) is 0 Å². The Morgan fingerprint density at radius 2 is 1.46 bits per heavy atom. The highest BCUT2D eigenvalue weighted by molar-refractivity contribution is 7.85. The van der Waals surface area contributed by atoms with Crippen molar-refractivity contribution in [3.63, 3.8) is 0 Å². The minimum atomic E-state index is -4.33. The van der Waals surface area contributed by atoms with Gasteiger partial charge in [-0.25, -0.2) is 8.42 Å². The SMILES string of the molecule is CC1(C)C2CCC1(CS(=O)(=O)[O-])C(=O)C2.CCCC[PH+](CCCC)CCCC. The molecule has 6 heteroatoms. The fourth-order valence-corrected chi connectivity index (χ4v) is 9.66. The van der Waals surface area contributed by atoms with E-state index in [0.717, 1.165) is 6.42 Å². The maximum absolute atomic E-state index is 11.8. The van der Waals surface area contributed by atoms with Crippen LogP contribution in [0.25, 0.3) is 0 Å². The molecule has 2 bridgehead atoms. The van der Waals surface area contributed by atoms with Crippen molar-refractivity contribution in [2.75, 3.05) is 24.2 Å². The average molecular weight is 435 g/mol. The highest BCUT2D eigenvalue weighted by Crippen LogP contribution is 2.64. The van der Waals surface area contributed by atoms with Crippen molar-refractivity contribution in [1.29, 1.82) is 0 Å². The number of unbranched alkanes of at least 4 members (excludes halogenated alkanes) is 3.